The lowest BCUT2D eigenvalue weighted by atomic mass is 9.94. The fourth-order valence-electron chi connectivity index (χ4n) is 1.72. The van der Waals surface area contributed by atoms with Crippen molar-refractivity contribution in [2.45, 2.75) is 38.1 Å². The Kier molecular flexibility index (Phi) is 5.36. The summed E-state index contributed by atoms with van der Waals surface area (Å²) in [7, 11) is 0. The highest BCUT2D eigenvalue weighted by atomic mass is 16.5. The molecular weight excluding hydrogens is 192 g/mol. The van der Waals surface area contributed by atoms with Crippen molar-refractivity contribution in [3.8, 4) is 0 Å². The van der Waals surface area contributed by atoms with E-state index in [4.69, 9.17) is 16.2 Å². The number of esters is 1. The summed E-state index contributed by atoms with van der Waals surface area (Å²) in [6.07, 6.45) is 7.45. The van der Waals surface area contributed by atoms with Gasteiger partial charge in [0.25, 0.3) is 0 Å². The second kappa shape index (κ2) is 6.58. The Hall–Kier alpha value is -0.870. The largest absolute Gasteiger partial charge is 0.463 e. The number of nitrogens with two attached hydrogens (primary N) is 2. The van der Waals surface area contributed by atoms with Crippen LogP contribution in [0.3, 0.4) is 0 Å². The van der Waals surface area contributed by atoms with E-state index < -0.39 is 6.04 Å². The van der Waals surface area contributed by atoms with Crippen LogP contribution in [0.15, 0.2) is 11.6 Å². The van der Waals surface area contributed by atoms with Gasteiger partial charge in [0, 0.05) is 6.54 Å². The molecular formula is C11H20N2O2. The summed E-state index contributed by atoms with van der Waals surface area (Å²) >= 11 is 0. The SMILES string of the molecule is NCCOC(=O)[C@@H](N)CC1=CCCCC1. The molecule has 0 aromatic carbocycles. The van der Waals surface area contributed by atoms with Crippen LogP contribution in [0.2, 0.25) is 0 Å². The van der Waals surface area contributed by atoms with Crippen molar-refractivity contribution in [1.29, 1.82) is 0 Å². The van der Waals surface area contributed by atoms with Crippen LogP contribution in [0.5, 0.6) is 0 Å². The van der Waals surface area contributed by atoms with Gasteiger partial charge in [-0.3, -0.25) is 4.79 Å². The number of ether oxygens (including phenoxy) is 1. The second-order valence-electron chi connectivity index (χ2n) is 3.87. The van der Waals surface area contributed by atoms with E-state index in [9.17, 15) is 4.79 Å². The highest BCUT2D eigenvalue weighted by Crippen LogP contribution is 2.20. The van der Waals surface area contributed by atoms with Gasteiger partial charge in [-0.2, -0.15) is 0 Å². The number of allylic oxidation sites excluding steroid dienone is 1. The lowest BCUT2D eigenvalue weighted by Crippen LogP contribution is -2.33. The third kappa shape index (κ3) is 4.44. The molecule has 0 amide bonds. The van der Waals surface area contributed by atoms with Gasteiger partial charge in [-0.05, 0) is 32.1 Å². The number of hydrogen-bond donors (Lipinski definition) is 2. The molecule has 4 heteroatoms. The summed E-state index contributed by atoms with van der Waals surface area (Å²) < 4.78 is 4.88. The summed E-state index contributed by atoms with van der Waals surface area (Å²) in [6.45, 7) is 0.604. The van der Waals surface area contributed by atoms with Crippen molar-refractivity contribution in [3.63, 3.8) is 0 Å². The highest BCUT2D eigenvalue weighted by molar-refractivity contribution is 5.75. The summed E-state index contributed by atoms with van der Waals surface area (Å²) in [5.41, 5.74) is 12.3. The van der Waals surface area contributed by atoms with Crippen molar-refractivity contribution >= 4 is 5.97 Å². The molecule has 1 atom stereocenters. The Morgan fingerprint density at radius 2 is 2.33 bits per heavy atom. The molecule has 1 aliphatic rings. The summed E-state index contributed by atoms with van der Waals surface area (Å²) in [6, 6.07) is -0.527. The molecule has 1 rings (SSSR count). The molecule has 0 saturated carbocycles. The molecule has 0 aromatic heterocycles. The quantitative estimate of drug-likeness (QED) is 0.519. The number of hydrogen-bond acceptors (Lipinski definition) is 4. The van der Waals surface area contributed by atoms with Gasteiger partial charge in [0.05, 0.1) is 0 Å². The highest BCUT2D eigenvalue weighted by Gasteiger charge is 2.17. The fourth-order valence-corrected chi connectivity index (χ4v) is 1.72. The van der Waals surface area contributed by atoms with E-state index in [1.807, 2.05) is 0 Å². The molecule has 0 aliphatic heterocycles. The van der Waals surface area contributed by atoms with Gasteiger partial charge in [-0.1, -0.05) is 11.6 Å². The molecule has 1 aliphatic carbocycles. The van der Waals surface area contributed by atoms with Crippen molar-refractivity contribution in [1.82, 2.24) is 0 Å². The first-order chi connectivity index (χ1) is 7.24. The molecule has 15 heavy (non-hydrogen) atoms. The van der Waals surface area contributed by atoms with Crippen LogP contribution in [0.25, 0.3) is 0 Å². The van der Waals surface area contributed by atoms with Crippen LogP contribution in [0.4, 0.5) is 0 Å². The molecule has 0 bridgehead atoms. The molecule has 86 valence electrons. The molecule has 0 fully saturated rings. The molecule has 0 heterocycles. The predicted octanol–water partition coefficient (Wildman–Crippen LogP) is 0.706. The van der Waals surface area contributed by atoms with E-state index in [2.05, 4.69) is 6.08 Å². The maximum Gasteiger partial charge on any atom is 0.323 e. The minimum Gasteiger partial charge on any atom is -0.463 e. The molecule has 4 N–H and O–H groups in total. The van der Waals surface area contributed by atoms with E-state index >= 15 is 0 Å². The molecule has 0 saturated heterocycles. The third-order valence-corrected chi connectivity index (χ3v) is 2.53. The van der Waals surface area contributed by atoms with Gasteiger partial charge in [0.1, 0.15) is 12.6 Å². The zero-order valence-electron chi connectivity index (χ0n) is 9.08. The predicted molar refractivity (Wildman–Crippen MR) is 59.2 cm³/mol. The van der Waals surface area contributed by atoms with Crippen LogP contribution < -0.4 is 11.5 Å². The standard InChI is InChI=1S/C11H20N2O2/c12-6-7-15-11(14)10(13)8-9-4-2-1-3-5-9/h4,10H,1-3,5-8,12-13H2/t10-/m0/s1. The van der Waals surface area contributed by atoms with Crippen molar-refractivity contribution in [2.75, 3.05) is 13.2 Å². The minimum absolute atomic E-state index is 0.256. The monoisotopic (exact) mass is 212 g/mol. The van der Waals surface area contributed by atoms with Gasteiger partial charge in [0.2, 0.25) is 0 Å². The van der Waals surface area contributed by atoms with Gasteiger partial charge >= 0.3 is 5.97 Å². The average molecular weight is 212 g/mol. The van der Waals surface area contributed by atoms with Crippen LogP contribution in [-0.2, 0) is 9.53 Å². The molecule has 0 unspecified atom stereocenters. The molecule has 4 nitrogen and oxygen atoms in total. The van der Waals surface area contributed by atoms with Crippen molar-refractivity contribution in [3.05, 3.63) is 11.6 Å². The number of carbonyl (C=O) groups is 1. The van der Waals surface area contributed by atoms with E-state index in [0.29, 0.717) is 13.0 Å². The van der Waals surface area contributed by atoms with Crippen LogP contribution in [-0.4, -0.2) is 25.2 Å². The Balaban J connectivity index is 2.30. The Morgan fingerprint density at radius 3 is 2.93 bits per heavy atom. The van der Waals surface area contributed by atoms with Crippen LogP contribution in [0, 0.1) is 0 Å². The fraction of sp³-hybridized carbons (Fsp3) is 0.727. The zero-order chi connectivity index (χ0) is 11.1. The number of carbonyl (C=O) groups excluding carboxylic acids is 1. The summed E-state index contributed by atoms with van der Waals surface area (Å²) in [4.78, 5) is 11.3. The molecule has 0 radical (unpaired) electrons. The first kappa shape index (κ1) is 12.2. The van der Waals surface area contributed by atoms with Gasteiger partial charge in [0.15, 0.2) is 0 Å². The topological polar surface area (TPSA) is 78.3 Å². The smallest absolute Gasteiger partial charge is 0.323 e. The van der Waals surface area contributed by atoms with Crippen LogP contribution >= 0.6 is 0 Å². The lowest BCUT2D eigenvalue weighted by Gasteiger charge is -2.16. The van der Waals surface area contributed by atoms with Gasteiger partial charge in [-0.25, -0.2) is 0 Å². The van der Waals surface area contributed by atoms with Gasteiger partial charge in [-0.15, -0.1) is 0 Å². The molecule has 0 aromatic rings. The zero-order valence-corrected chi connectivity index (χ0v) is 9.08. The van der Waals surface area contributed by atoms with Gasteiger partial charge < -0.3 is 16.2 Å². The van der Waals surface area contributed by atoms with E-state index in [1.54, 1.807) is 0 Å². The van der Waals surface area contributed by atoms with Crippen molar-refractivity contribution in [2.24, 2.45) is 11.5 Å². The molecule has 0 spiro atoms. The van der Waals surface area contributed by atoms with E-state index in [-0.39, 0.29) is 12.6 Å². The summed E-state index contributed by atoms with van der Waals surface area (Å²) in [5, 5.41) is 0. The first-order valence-electron chi connectivity index (χ1n) is 5.54. The third-order valence-electron chi connectivity index (χ3n) is 2.53. The number of rotatable bonds is 5. The minimum atomic E-state index is -0.527. The Labute approximate surface area is 90.6 Å². The maximum absolute atomic E-state index is 11.3. The lowest BCUT2D eigenvalue weighted by molar-refractivity contribution is -0.144. The summed E-state index contributed by atoms with van der Waals surface area (Å²) in [5.74, 6) is -0.341. The van der Waals surface area contributed by atoms with Crippen LogP contribution in [0.1, 0.15) is 32.1 Å². The average Bonchev–Trinajstić information content (AvgIpc) is 2.27. The first-order valence-corrected chi connectivity index (χ1v) is 5.54. The normalized spacial score (nSPS) is 18.1. The second-order valence-corrected chi connectivity index (χ2v) is 3.87. The van der Waals surface area contributed by atoms with Crippen molar-refractivity contribution < 1.29 is 9.53 Å². The maximum atomic E-state index is 11.3. The van der Waals surface area contributed by atoms with E-state index in [1.165, 1.54) is 18.4 Å². The Morgan fingerprint density at radius 1 is 1.53 bits per heavy atom. The Bertz CT molecular complexity index is 239. The van der Waals surface area contributed by atoms with E-state index in [0.717, 1.165) is 12.8 Å².